The fourth-order valence-electron chi connectivity index (χ4n) is 3.36. The van der Waals surface area contributed by atoms with Crippen molar-refractivity contribution in [2.75, 3.05) is 51.9 Å². The highest BCUT2D eigenvalue weighted by Crippen LogP contribution is 2.32. The molecule has 1 heterocycles. The summed E-state index contributed by atoms with van der Waals surface area (Å²) in [5.74, 6) is -0.381. The van der Waals surface area contributed by atoms with Crippen LogP contribution in [0.4, 0.5) is 18.9 Å². The molecule has 2 aromatic carbocycles. The maximum atomic E-state index is 12.9. The van der Waals surface area contributed by atoms with Gasteiger partial charge in [0.25, 0.3) is 5.91 Å². The molecule has 1 aliphatic rings. The van der Waals surface area contributed by atoms with Gasteiger partial charge in [-0.1, -0.05) is 6.07 Å². The van der Waals surface area contributed by atoms with Gasteiger partial charge in [-0.3, -0.25) is 4.79 Å². The Hall–Kier alpha value is -3.43. The van der Waals surface area contributed by atoms with Crippen LogP contribution in [0.5, 0.6) is 11.5 Å². The van der Waals surface area contributed by atoms with Gasteiger partial charge in [-0.25, -0.2) is 4.79 Å². The highest BCUT2D eigenvalue weighted by Gasteiger charge is 2.31. The Kier molecular flexibility index (Phi) is 7.12. The van der Waals surface area contributed by atoms with E-state index in [4.69, 9.17) is 14.2 Å². The zero-order chi connectivity index (χ0) is 23.3. The number of ether oxygens (including phenoxy) is 3. The number of rotatable bonds is 6. The maximum absolute atomic E-state index is 12.9. The van der Waals surface area contributed by atoms with E-state index in [1.165, 1.54) is 31.3 Å². The first-order valence-corrected chi connectivity index (χ1v) is 9.82. The van der Waals surface area contributed by atoms with Crippen molar-refractivity contribution < 1.29 is 37.0 Å². The molecule has 2 aromatic rings. The molecule has 0 saturated carbocycles. The minimum absolute atomic E-state index is 0.133. The molecule has 32 heavy (non-hydrogen) atoms. The van der Waals surface area contributed by atoms with Gasteiger partial charge in [0.15, 0.2) is 6.61 Å². The van der Waals surface area contributed by atoms with E-state index in [0.29, 0.717) is 37.6 Å². The van der Waals surface area contributed by atoms with E-state index < -0.39 is 24.3 Å². The smallest absolute Gasteiger partial charge is 0.416 e. The monoisotopic (exact) mass is 452 g/mol. The van der Waals surface area contributed by atoms with E-state index in [9.17, 15) is 22.8 Å². The third kappa shape index (κ3) is 5.43. The van der Waals surface area contributed by atoms with Crippen LogP contribution in [0.1, 0.15) is 15.9 Å². The van der Waals surface area contributed by atoms with Crippen LogP contribution in [0.25, 0.3) is 0 Å². The molecule has 0 aliphatic carbocycles. The minimum Gasteiger partial charge on any atom is -0.497 e. The summed E-state index contributed by atoms with van der Waals surface area (Å²) in [6, 6.07) is 9.74. The first-order chi connectivity index (χ1) is 15.2. The number of amides is 1. The largest absolute Gasteiger partial charge is 0.497 e. The lowest BCUT2D eigenvalue weighted by Crippen LogP contribution is -2.50. The molecule has 1 amide bonds. The average molecular weight is 452 g/mol. The van der Waals surface area contributed by atoms with Crippen LogP contribution in [0, 0.1) is 0 Å². The van der Waals surface area contributed by atoms with Crippen molar-refractivity contribution in [3.63, 3.8) is 0 Å². The van der Waals surface area contributed by atoms with Gasteiger partial charge in [0.2, 0.25) is 0 Å². The Bertz CT molecular complexity index is 972. The van der Waals surface area contributed by atoms with E-state index in [1.54, 1.807) is 23.1 Å². The normalized spacial score (nSPS) is 14.2. The van der Waals surface area contributed by atoms with Crippen LogP contribution in [0.15, 0.2) is 42.5 Å². The quantitative estimate of drug-likeness (QED) is 0.627. The van der Waals surface area contributed by atoms with Crippen LogP contribution >= 0.6 is 0 Å². The molecule has 7 nitrogen and oxygen atoms in total. The molecule has 0 bridgehead atoms. The van der Waals surface area contributed by atoms with Crippen molar-refractivity contribution >= 4 is 17.6 Å². The molecular formula is C22H23F3N2O5. The predicted octanol–water partition coefficient (Wildman–Crippen LogP) is 3.23. The minimum atomic E-state index is -4.41. The summed E-state index contributed by atoms with van der Waals surface area (Å²) in [4.78, 5) is 28.2. The van der Waals surface area contributed by atoms with Crippen molar-refractivity contribution in [1.29, 1.82) is 0 Å². The number of benzene rings is 2. The topological polar surface area (TPSA) is 68.3 Å². The lowest BCUT2D eigenvalue weighted by molar-refractivity contribution is -0.137. The number of piperazine rings is 1. The second kappa shape index (κ2) is 9.80. The van der Waals surface area contributed by atoms with Gasteiger partial charge in [0.1, 0.15) is 17.1 Å². The van der Waals surface area contributed by atoms with Crippen molar-refractivity contribution in [1.82, 2.24) is 4.90 Å². The standard InChI is InChI=1S/C22H23F3N2O5/c1-30-17-6-7-19(31-2)18(13-17)21(29)32-14-20(28)27-10-8-26(9-11-27)16-5-3-4-15(12-16)22(23,24)25/h3-7,12-13H,8-11,14H2,1-2H3. The van der Waals surface area contributed by atoms with Gasteiger partial charge < -0.3 is 24.0 Å². The molecule has 0 spiro atoms. The zero-order valence-electron chi connectivity index (χ0n) is 17.6. The number of carbonyl (C=O) groups is 2. The molecule has 1 saturated heterocycles. The van der Waals surface area contributed by atoms with Crippen LogP contribution in [-0.2, 0) is 15.7 Å². The fraction of sp³-hybridized carbons (Fsp3) is 0.364. The SMILES string of the molecule is COc1ccc(OC)c(C(=O)OCC(=O)N2CCN(c3cccc(C(F)(F)F)c3)CC2)c1. The Balaban J connectivity index is 1.55. The van der Waals surface area contributed by atoms with Gasteiger partial charge in [0, 0.05) is 31.9 Å². The number of carbonyl (C=O) groups excluding carboxylic acids is 2. The van der Waals surface area contributed by atoms with Gasteiger partial charge in [-0.2, -0.15) is 13.2 Å². The van der Waals surface area contributed by atoms with E-state index in [2.05, 4.69) is 0 Å². The third-order valence-electron chi connectivity index (χ3n) is 5.12. The Morgan fingerprint density at radius 2 is 1.69 bits per heavy atom. The summed E-state index contributed by atoms with van der Waals surface area (Å²) >= 11 is 0. The molecule has 0 atom stereocenters. The maximum Gasteiger partial charge on any atom is 0.416 e. The van der Waals surface area contributed by atoms with E-state index in [0.717, 1.165) is 12.1 Å². The van der Waals surface area contributed by atoms with Gasteiger partial charge in [0.05, 0.1) is 19.8 Å². The average Bonchev–Trinajstić information content (AvgIpc) is 2.81. The molecule has 3 rings (SSSR count). The number of methoxy groups -OCH3 is 2. The van der Waals surface area contributed by atoms with E-state index in [1.807, 2.05) is 0 Å². The summed E-state index contributed by atoms with van der Waals surface area (Å²) < 4.78 is 54.2. The third-order valence-corrected chi connectivity index (χ3v) is 5.12. The van der Waals surface area contributed by atoms with Crippen molar-refractivity contribution in [3.05, 3.63) is 53.6 Å². The Labute approximate surface area is 183 Å². The van der Waals surface area contributed by atoms with Crippen LogP contribution in [0.2, 0.25) is 0 Å². The molecule has 0 N–H and O–H groups in total. The number of esters is 1. The second-order valence-electron chi connectivity index (χ2n) is 7.06. The van der Waals surface area contributed by atoms with E-state index >= 15 is 0 Å². The summed E-state index contributed by atoms with van der Waals surface area (Å²) in [5, 5.41) is 0. The van der Waals surface area contributed by atoms with Crippen molar-refractivity contribution in [2.24, 2.45) is 0 Å². The fourth-order valence-corrected chi connectivity index (χ4v) is 3.36. The van der Waals surface area contributed by atoms with Crippen LogP contribution < -0.4 is 14.4 Å². The van der Waals surface area contributed by atoms with Crippen molar-refractivity contribution in [3.8, 4) is 11.5 Å². The molecule has 10 heteroatoms. The Morgan fingerprint density at radius 3 is 2.31 bits per heavy atom. The zero-order valence-corrected chi connectivity index (χ0v) is 17.6. The molecule has 172 valence electrons. The van der Waals surface area contributed by atoms with Crippen molar-refractivity contribution in [2.45, 2.75) is 6.18 Å². The first kappa shape index (κ1) is 23.2. The number of hydrogen-bond donors (Lipinski definition) is 0. The number of halogens is 3. The van der Waals surface area contributed by atoms with Gasteiger partial charge >= 0.3 is 12.1 Å². The molecule has 0 unspecified atom stereocenters. The molecule has 0 aromatic heterocycles. The number of anilines is 1. The highest BCUT2D eigenvalue weighted by atomic mass is 19.4. The lowest BCUT2D eigenvalue weighted by atomic mass is 10.1. The molecule has 1 fully saturated rings. The lowest BCUT2D eigenvalue weighted by Gasteiger charge is -2.36. The molecule has 1 aliphatic heterocycles. The Morgan fingerprint density at radius 1 is 0.969 bits per heavy atom. The number of nitrogens with zero attached hydrogens (tertiary/aromatic N) is 2. The number of alkyl halides is 3. The van der Waals surface area contributed by atoms with Gasteiger partial charge in [-0.05, 0) is 36.4 Å². The van der Waals surface area contributed by atoms with E-state index in [-0.39, 0.29) is 17.2 Å². The summed E-state index contributed by atoms with van der Waals surface area (Å²) in [7, 11) is 2.87. The summed E-state index contributed by atoms with van der Waals surface area (Å²) in [6.45, 7) is 0.877. The summed E-state index contributed by atoms with van der Waals surface area (Å²) in [5.41, 5.74) is -0.133. The predicted molar refractivity (Wildman–Crippen MR) is 110 cm³/mol. The number of hydrogen-bond acceptors (Lipinski definition) is 6. The van der Waals surface area contributed by atoms with Crippen LogP contribution in [-0.4, -0.2) is 63.8 Å². The molecule has 0 radical (unpaired) electrons. The first-order valence-electron chi connectivity index (χ1n) is 9.82. The van der Waals surface area contributed by atoms with Crippen LogP contribution in [0.3, 0.4) is 0 Å². The highest BCUT2D eigenvalue weighted by molar-refractivity contribution is 5.94. The molecular weight excluding hydrogens is 429 g/mol. The van der Waals surface area contributed by atoms with Gasteiger partial charge in [-0.15, -0.1) is 0 Å². The summed E-state index contributed by atoms with van der Waals surface area (Å²) in [6.07, 6.45) is -4.41. The second-order valence-corrected chi connectivity index (χ2v) is 7.06.